The first-order valence-electron chi connectivity index (χ1n) is 5.21. The van der Waals surface area contributed by atoms with E-state index < -0.39 is 0 Å². The molecule has 2 heterocycles. The van der Waals surface area contributed by atoms with Gasteiger partial charge in [-0.25, -0.2) is 9.66 Å². The molecule has 0 aliphatic carbocycles. The number of nitrogens with zero attached hydrogens (tertiary/aromatic N) is 2. The van der Waals surface area contributed by atoms with E-state index in [1.165, 1.54) is 11.3 Å². The third kappa shape index (κ3) is 2.54. The molecular formula is C12H8N3NaOS2. The van der Waals surface area contributed by atoms with E-state index in [1.54, 1.807) is 0 Å². The topological polar surface area (TPSA) is 66.9 Å². The van der Waals surface area contributed by atoms with Crippen LogP contribution in [-0.2, 0) is 0 Å². The SMILES string of the molecule is Nn1c([O-])c2cc(-c3ccccc3)sc2nc1=S.[Na+]. The summed E-state index contributed by atoms with van der Waals surface area (Å²) in [5.74, 6) is 5.24. The van der Waals surface area contributed by atoms with Gasteiger partial charge in [-0.3, -0.25) is 0 Å². The Kier molecular flexibility index (Phi) is 4.27. The minimum atomic E-state index is -0.302. The van der Waals surface area contributed by atoms with Gasteiger partial charge in [-0.1, -0.05) is 30.3 Å². The van der Waals surface area contributed by atoms with Crippen LogP contribution in [0, 0.1) is 4.77 Å². The summed E-state index contributed by atoms with van der Waals surface area (Å²) >= 11 is 6.37. The van der Waals surface area contributed by atoms with Crippen LogP contribution in [-0.4, -0.2) is 9.66 Å². The van der Waals surface area contributed by atoms with E-state index >= 15 is 0 Å². The molecule has 0 amide bonds. The maximum Gasteiger partial charge on any atom is 1.00 e. The Labute approximate surface area is 140 Å². The van der Waals surface area contributed by atoms with Crippen LogP contribution in [0.1, 0.15) is 0 Å². The number of aromatic nitrogens is 2. The molecule has 0 fully saturated rings. The fraction of sp³-hybridized carbons (Fsp3) is 0. The van der Waals surface area contributed by atoms with Crippen molar-refractivity contribution < 1.29 is 34.7 Å². The van der Waals surface area contributed by atoms with Crippen LogP contribution < -0.4 is 40.5 Å². The molecule has 2 N–H and O–H groups in total. The molecule has 0 saturated heterocycles. The van der Waals surface area contributed by atoms with Crippen molar-refractivity contribution in [1.82, 2.24) is 9.66 Å². The molecule has 3 rings (SSSR count). The molecule has 1 aromatic carbocycles. The fourth-order valence-corrected chi connectivity index (χ4v) is 2.98. The fourth-order valence-electron chi connectivity index (χ4n) is 1.72. The van der Waals surface area contributed by atoms with Crippen LogP contribution in [0.2, 0.25) is 0 Å². The third-order valence-corrected chi connectivity index (χ3v) is 3.99. The van der Waals surface area contributed by atoms with Crippen LogP contribution >= 0.6 is 23.6 Å². The second-order valence-electron chi connectivity index (χ2n) is 3.77. The van der Waals surface area contributed by atoms with Gasteiger partial charge in [-0.15, -0.1) is 11.3 Å². The van der Waals surface area contributed by atoms with Crippen LogP contribution in [0.25, 0.3) is 20.7 Å². The molecule has 90 valence electrons. The van der Waals surface area contributed by atoms with E-state index in [-0.39, 0.29) is 40.2 Å². The molecule has 0 radical (unpaired) electrons. The van der Waals surface area contributed by atoms with E-state index in [2.05, 4.69) is 4.98 Å². The molecular weight excluding hydrogens is 289 g/mol. The Morgan fingerprint density at radius 1 is 1.26 bits per heavy atom. The summed E-state index contributed by atoms with van der Waals surface area (Å²) in [5, 5.41) is 12.4. The molecule has 3 aromatic rings. The number of hydrogen-bond donors (Lipinski definition) is 1. The second-order valence-corrected chi connectivity index (χ2v) is 5.16. The zero-order chi connectivity index (χ0) is 12.7. The van der Waals surface area contributed by atoms with Gasteiger partial charge in [0.2, 0.25) is 4.77 Å². The molecule has 7 heteroatoms. The van der Waals surface area contributed by atoms with Gasteiger partial charge in [0.25, 0.3) is 0 Å². The molecule has 19 heavy (non-hydrogen) atoms. The Morgan fingerprint density at radius 2 is 1.95 bits per heavy atom. The molecule has 0 aliphatic heterocycles. The molecule has 0 aliphatic rings. The smallest absolute Gasteiger partial charge is 0.858 e. The normalized spacial score (nSPS) is 10.3. The zero-order valence-electron chi connectivity index (χ0n) is 10.2. The summed E-state index contributed by atoms with van der Waals surface area (Å²) in [6.45, 7) is 0. The summed E-state index contributed by atoms with van der Waals surface area (Å²) in [5.41, 5.74) is 1.05. The van der Waals surface area contributed by atoms with Crippen LogP contribution in [0.15, 0.2) is 36.4 Å². The predicted molar refractivity (Wildman–Crippen MR) is 73.5 cm³/mol. The molecule has 0 saturated carbocycles. The Morgan fingerprint density at radius 3 is 2.63 bits per heavy atom. The first kappa shape index (κ1) is 14.5. The summed E-state index contributed by atoms with van der Waals surface area (Å²) < 4.78 is 1.01. The molecule has 0 bridgehead atoms. The molecule has 0 atom stereocenters. The number of benzene rings is 1. The predicted octanol–water partition coefficient (Wildman–Crippen LogP) is -0.714. The van der Waals surface area contributed by atoms with Crippen LogP contribution in [0.3, 0.4) is 0 Å². The van der Waals surface area contributed by atoms with Gasteiger partial charge in [0.05, 0.1) is 0 Å². The number of thiophene rings is 1. The number of rotatable bonds is 1. The minimum Gasteiger partial charge on any atom is -0.858 e. The standard InChI is InChI=1S/C12H9N3OS2.Na/c13-15-11(16)8-6-9(7-4-2-1-3-5-7)18-10(8)14-12(15)17;/h1-6,16H,13H2;/q;+1/p-1. The van der Waals surface area contributed by atoms with Crippen molar-refractivity contribution in [2.75, 3.05) is 5.84 Å². The number of nitrogen functional groups attached to an aromatic ring is 1. The van der Waals surface area contributed by atoms with E-state index in [0.717, 1.165) is 15.1 Å². The average molecular weight is 297 g/mol. The summed E-state index contributed by atoms with van der Waals surface area (Å²) in [6, 6.07) is 11.6. The van der Waals surface area contributed by atoms with Gasteiger partial charge >= 0.3 is 29.6 Å². The van der Waals surface area contributed by atoms with E-state index in [4.69, 9.17) is 18.1 Å². The third-order valence-electron chi connectivity index (χ3n) is 2.62. The summed E-state index contributed by atoms with van der Waals surface area (Å²) in [4.78, 5) is 5.77. The zero-order valence-corrected chi connectivity index (χ0v) is 13.8. The van der Waals surface area contributed by atoms with Gasteiger partial charge in [0.15, 0.2) is 0 Å². The van der Waals surface area contributed by atoms with E-state index in [9.17, 15) is 5.11 Å². The van der Waals surface area contributed by atoms with E-state index in [1.807, 2.05) is 36.4 Å². The Hall–Kier alpha value is -0.920. The quantitative estimate of drug-likeness (QED) is 0.366. The van der Waals surface area contributed by atoms with Crippen molar-refractivity contribution in [3.63, 3.8) is 0 Å². The van der Waals surface area contributed by atoms with Crippen molar-refractivity contribution in [3.05, 3.63) is 41.2 Å². The maximum absolute atomic E-state index is 11.9. The van der Waals surface area contributed by atoms with Crippen LogP contribution in [0.5, 0.6) is 5.88 Å². The molecule has 2 aromatic heterocycles. The van der Waals surface area contributed by atoms with Gasteiger partial charge in [-0.05, 0) is 29.7 Å². The van der Waals surface area contributed by atoms with Crippen molar-refractivity contribution in [2.45, 2.75) is 0 Å². The number of fused-ring (bicyclic) bond motifs is 1. The van der Waals surface area contributed by atoms with Gasteiger partial charge in [0, 0.05) is 10.3 Å². The van der Waals surface area contributed by atoms with Gasteiger partial charge in [-0.2, -0.15) is 0 Å². The Balaban J connectivity index is 0.00000133. The van der Waals surface area contributed by atoms with Crippen molar-refractivity contribution in [1.29, 1.82) is 0 Å². The van der Waals surface area contributed by atoms with Gasteiger partial charge < -0.3 is 10.9 Å². The maximum atomic E-state index is 11.9. The minimum absolute atomic E-state index is 0. The first-order chi connectivity index (χ1) is 8.66. The van der Waals surface area contributed by atoms with Gasteiger partial charge in [0.1, 0.15) is 4.83 Å². The summed E-state index contributed by atoms with van der Waals surface area (Å²) in [6.07, 6.45) is 0. The summed E-state index contributed by atoms with van der Waals surface area (Å²) in [7, 11) is 0. The monoisotopic (exact) mass is 297 g/mol. The van der Waals surface area contributed by atoms with Crippen LogP contribution in [0.4, 0.5) is 0 Å². The largest absolute Gasteiger partial charge is 1.00 e. The van der Waals surface area contributed by atoms with E-state index in [0.29, 0.717) is 10.2 Å². The number of hydrogen-bond acceptors (Lipinski definition) is 5. The second kappa shape index (κ2) is 5.60. The molecule has 0 spiro atoms. The average Bonchev–Trinajstić information content (AvgIpc) is 2.81. The number of nitrogens with two attached hydrogens (primary N) is 1. The first-order valence-corrected chi connectivity index (χ1v) is 6.43. The molecule has 0 unspecified atom stereocenters. The van der Waals surface area contributed by atoms with Crippen molar-refractivity contribution in [2.24, 2.45) is 0 Å². The van der Waals surface area contributed by atoms with Crippen molar-refractivity contribution in [3.8, 4) is 16.3 Å². The van der Waals surface area contributed by atoms with Crippen molar-refractivity contribution >= 4 is 33.8 Å². The molecule has 4 nitrogen and oxygen atoms in total. The Bertz CT molecular complexity index is 783.